The lowest BCUT2D eigenvalue weighted by molar-refractivity contribution is -0.137. The van der Waals surface area contributed by atoms with E-state index in [0.717, 1.165) is 42.3 Å². The van der Waals surface area contributed by atoms with Crippen molar-refractivity contribution in [1.82, 2.24) is 4.37 Å². The second-order valence-electron chi connectivity index (χ2n) is 7.27. The van der Waals surface area contributed by atoms with Crippen LogP contribution in [0.25, 0.3) is 5.57 Å². The molecule has 0 aliphatic carbocycles. The van der Waals surface area contributed by atoms with E-state index in [4.69, 9.17) is 16.3 Å². The molecule has 0 saturated carbocycles. The zero-order valence-corrected chi connectivity index (χ0v) is 20.8. The SMILES string of the molecule is CCCCS/C=C(/C(=O)Nc1snc(C)c1Cl)c1ccc(Oc2ccc(C(F)(F)F)cc2)cc1. The fourth-order valence-corrected chi connectivity index (χ4v) is 4.69. The average Bonchev–Trinajstić information content (AvgIpc) is 3.12. The van der Waals surface area contributed by atoms with E-state index in [0.29, 0.717) is 32.6 Å². The third-order valence-electron chi connectivity index (χ3n) is 4.66. The van der Waals surface area contributed by atoms with E-state index in [2.05, 4.69) is 16.6 Å². The molecule has 1 heterocycles. The number of thioether (sulfide) groups is 1. The molecule has 2 aromatic carbocycles. The summed E-state index contributed by atoms with van der Waals surface area (Å²) >= 11 is 8.88. The molecule has 34 heavy (non-hydrogen) atoms. The summed E-state index contributed by atoms with van der Waals surface area (Å²) < 4.78 is 48.0. The number of ether oxygens (including phenoxy) is 1. The number of hydrogen-bond acceptors (Lipinski definition) is 5. The van der Waals surface area contributed by atoms with Crippen molar-refractivity contribution in [2.75, 3.05) is 11.1 Å². The number of aryl methyl sites for hydroxylation is 1. The molecule has 3 rings (SSSR count). The Hall–Kier alpha value is -2.49. The van der Waals surface area contributed by atoms with Gasteiger partial charge in [0.05, 0.1) is 21.9 Å². The highest BCUT2D eigenvalue weighted by Gasteiger charge is 2.30. The summed E-state index contributed by atoms with van der Waals surface area (Å²) in [5.41, 5.74) is 1.03. The molecule has 180 valence electrons. The van der Waals surface area contributed by atoms with Gasteiger partial charge in [0.1, 0.15) is 16.5 Å². The smallest absolute Gasteiger partial charge is 0.416 e. The van der Waals surface area contributed by atoms with Gasteiger partial charge in [0.15, 0.2) is 0 Å². The number of halogens is 4. The number of aromatic nitrogens is 1. The Labute approximate surface area is 209 Å². The molecule has 1 N–H and O–H groups in total. The Kier molecular flexibility index (Phi) is 9.04. The van der Waals surface area contributed by atoms with E-state index in [1.807, 2.05) is 5.41 Å². The van der Waals surface area contributed by atoms with Gasteiger partial charge in [0.2, 0.25) is 0 Å². The minimum Gasteiger partial charge on any atom is -0.457 e. The number of anilines is 1. The monoisotopic (exact) mass is 526 g/mol. The summed E-state index contributed by atoms with van der Waals surface area (Å²) in [4.78, 5) is 13.0. The van der Waals surface area contributed by atoms with Crippen LogP contribution in [-0.4, -0.2) is 16.0 Å². The molecule has 0 unspecified atom stereocenters. The third-order valence-corrected chi connectivity index (χ3v) is 7.02. The van der Waals surface area contributed by atoms with Crippen molar-refractivity contribution in [3.63, 3.8) is 0 Å². The van der Waals surface area contributed by atoms with Crippen LogP contribution < -0.4 is 10.1 Å². The first-order valence-corrected chi connectivity index (χ1v) is 12.6. The molecule has 10 heteroatoms. The van der Waals surface area contributed by atoms with Gasteiger partial charge in [-0.3, -0.25) is 4.79 Å². The fourth-order valence-electron chi connectivity index (χ4n) is 2.78. The lowest BCUT2D eigenvalue weighted by atomic mass is 10.1. The number of amides is 1. The standard InChI is InChI=1S/C24H22ClF3N2O2S2/c1-3-4-13-33-14-20(22(31)29-23-21(25)15(2)30-34-23)16-5-9-18(10-6-16)32-19-11-7-17(8-12-19)24(26,27)28/h5-12,14H,3-4,13H2,1-2H3,(H,29,31)/b20-14+. The highest BCUT2D eigenvalue weighted by atomic mass is 35.5. The van der Waals surface area contributed by atoms with Crippen molar-refractivity contribution < 1.29 is 22.7 Å². The van der Waals surface area contributed by atoms with Gasteiger partial charge in [0.25, 0.3) is 5.91 Å². The Morgan fingerprint density at radius 3 is 2.29 bits per heavy atom. The maximum atomic E-state index is 13.0. The molecule has 0 atom stereocenters. The van der Waals surface area contributed by atoms with E-state index in [1.165, 1.54) is 12.1 Å². The van der Waals surface area contributed by atoms with Crippen LogP contribution in [0.15, 0.2) is 53.9 Å². The topological polar surface area (TPSA) is 51.2 Å². The molecule has 3 aromatic rings. The summed E-state index contributed by atoms with van der Waals surface area (Å²) in [6.07, 6.45) is -2.33. The van der Waals surface area contributed by atoms with E-state index in [9.17, 15) is 18.0 Å². The maximum Gasteiger partial charge on any atom is 0.416 e. The Morgan fingerprint density at radius 2 is 1.76 bits per heavy atom. The highest BCUT2D eigenvalue weighted by Crippen LogP contribution is 2.33. The number of alkyl halides is 3. The van der Waals surface area contributed by atoms with Crippen molar-refractivity contribution in [3.8, 4) is 11.5 Å². The van der Waals surface area contributed by atoms with Gasteiger partial charge in [-0.1, -0.05) is 37.1 Å². The number of nitrogens with zero attached hydrogens (tertiary/aromatic N) is 1. The van der Waals surface area contributed by atoms with Gasteiger partial charge >= 0.3 is 6.18 Å². The van der Waals surface area contributed by atoms with Crippen molar-refractivity contribution in [2.24, 2.45) is 0 Å². The number of carbonyl (C=O) groups is 1. The van der Waals surface area contributed by atoms with Crippen LogP contribution in [0.5, 0.6) is 11.5 Å². The molecule has 1 aromatic heterocycles. The van der Waals surface area contributed by atoms with Crippen LogP contribution in [0.3, 0.4) is 0 Å². The predicted molar refractivity (Wildman–Crippen MR) is 134 cm³/mol. The van der Waals surface area contributed by atoms with Gasteiger partial charge in [-0.2, -0.15) is 17.5 Å². The summed E-state index contributed by atoms with van der Waals surface area (Å²) in [6.45, 7) is 3.86. The second kappa shape index (κ2) is 11.8. The molecule has 0 aliphatic rings. The summed E-state index contributed by atoms with van der Waals surface area (Å²) in [6, 6.07) is 11.2. The number of unbranched alkanes of at least 4 members (excludes halogenated alkanes) is 1. The van der Waals surface area contributed by atoms with Crippen LogP contribution in [0, 0.1) is 6.92 Å². The normalized spacial score (nSPS) is 12.0. The molecular weight excluding hydrogens is 505 g/mol. The molecule has 0 saturated heterocycles. The lowest BCUT2D eigenvalue weighted by Crippen LogP contribution is -2.13. The summed E-state index contributed by atoms with van der Waals surface area (Å²) in [5.74, 6) is 1.27. The van der Waals surface area contributed by atoms with Crippen LogP contribution >= 0.6 is 34.9 Å². The Balaban J connectivity index is 1.76. The first-order valence-electron chi connectivity index (χ1n) is 10.4. The summed E-state index contributed by atoms with van der Waals surface area (Å²) in [5, 5.41) is 5.54. The molecule has 4 nitrogen and oxygen atoms in total. The number of rotatable bonds is 9. The van der Waals surface area contributed by atoms with Crippen LogP contribution in [0.2, 0.25) is 5.02 Å². The molecule has 0 aliphatic heterocycles. The van der Waals surface area contributed by atoms with E-state index < -0.39 is 11.7 Å². The number of benzene rings is 2. The summed E-state index contributed by atoms with van der Waals surface area (Å²) in [7, 11) is 0. The fraction of sp³-hybridized carbons (Fsp3) is 0.250. The van der Waals surface area contributed by atoms with Crippen molar-refractivity contribution in [3.05, 3.63) is 75.8 Å². The molecule has 0 radical (unpaired) electrons. The maximum absolute atomic E-state index is 13.0. The quantitative estimate of drug-likeness (QED) is 0.224. The Morgan fingerprint density at radius 1 is 1.15 bits per heavy atom. The first kappa shape index (κ1) is 26.1. The van der Waals surface area contributed by atoms with Crippen LogP contribution in [0.1, 0.15) is 36.6 Å². The van der Waals surface area contributed by atoms with Crippen molar-refractivity contribution >= 4 is 51.4 Å². The minimum absolute atomic E-state index is 0.277. The zero-order valence-electron chi connectivity index (χ0n) is 18.4. The number of nitrogens with one attached hydrogen (secondary N) is 1. The first-order chi connectivity index (χ1) is 16.2. The van der Waals surface area contributed by atoms with Crippen LogP contribution in [-0.2, 0) is 11.0 Å². The Bertz CT molecular complexity index is 1140. The van der Waals surface area contributed by atoms with E-state index in [1.54, 1.807) is 43.0 Å². The highest BCUT2D eigenvalue weighted by molar-refractivity contribution is 8.02. The average molecular weight is 527 g/mol. The molecule has 1 amide bonds. The van der Waals surface area contributed by atoms with Gasteiger partial charge < -0.3 is 10.1 Å². The zero-order chi connectivity index (χ0) is 24.7. The van der Waals surface area contributed by atoms with Gasteiger partial charge in [-0.15, -0.1) is 11.8 Å². The molecule has 0 bridgehead atoms. The molecule has 0 spiro atoms. The predicted octanol–water partition coefficient (Wildman–Crippen LogP) is 8.43. The van der Waals surface area contributed by atoms with Crippen molar-refractivity contribution in [1.29, 1.82) is 0 Å². The number of carbonyl (C=O) groups excluding carboxylic acids is 1. The van der Waals surface area contributed by atoms with Gasteiger partial charge in [-0.05, 0) is 78.0 Å². The van der Waals surface area contributed by atoms with Crippen LogP contribution in [0.4, 0.5) is 18.2 Å². The van der Waals surface area contributed by atoms with Gasteiger partial charge in [-0.25, -0.2) is 0 Å². The van der Waals surface area contributed by atoms with Gasteiger partial charge in [0, 0.05) is 0 Å². The van der Waals surface area contributed by atoms with Crippen molar-refractivity contribution in [2.45, 2.75) is 32.9 Å². The minimum atomic E-state index is -4.40. The molecular formula is C24H22ClF3N2O2S2. The largest absolute Gasteiger partial charge is 0.457 e. The van der Waals surface area contributed by atoms with E-state index >= 15 is 0 Å². The second-order valence-corrected chi connectivity index (χ2v) is 9.40. The third kappa shape index (κ3) is 7.01. The lowest BCUT2D eigenvalue weighted by Gasteiger charge is -2.11. The van der Waals surface area contributed by atoms with E-state index in [-0.39, 0.29) is 11.7 Å². The molecule has 0 fully saturated rings. The number of hydrogen-bond donors (Lipinski definition) is 1.